The van der Waals surface area contributed by atoms with Crippen LogP contribution in [-0.4, -0.2) is 38.1 Å². The molecule has 1 aromatic carbocycles. The highest BCUT2D eigenvalue weighted by Crippen LogP contribution is 2.31. The molecule has 17 heavy (non-hydrogen) atoms. The Labute approximate surface area is 102 Å². The molecule has 0 saturated carbocycles. The van der Waals surface area contributed by atoms with Crippen LogP contribution in [0, 0.1) is 0 Å². The molecule has 1 atom stereocenters. The first-order chi connectivity index (χ1) is 8.42. The Hall–Kier alpha value is -1.10. The maximum atomic E-state index is 8.58. The number of hydrogen-bond donors (Lipinski definition) is 2. The van der Waals surface area contributed by atoms with Crippen molar-refractivity contribution in [1.82, 2.24) is 5.32 Å². The van der Waals surface area contributed by atoms with Crippen molar-refractivity contribution in [3.63, 3.8) is 0 Å². The van der Waals surface area contributed by atoms with E-state index in [4.69, 9.17) is 14.6 Å². The van der Waals surface area contributed by atoms with Gasteiger partial charge in [-0.15, -0.1) is 0 Å². The molecule has 1 heterocycles. The van der Waals surface area contributed by atoms with E-state index in [1.165, 1.54) is 5.56 Å². The second-order valence-corrected chi connectivity index (χ2v) is 4.02. The van der Waals surface area contributed by atoms with Gasteiger partial charge >= 0.3 is 0 Å². The standard InChI is InChI=1S/C13H19NO3/c15-7-10-16-9-6-14-12-5-8-17-13-4-2-1-3-11(12)13/h1-4,12,14-15H,5-10H2. The second-order valence-electron chi connectivity index (χ2n) is 4.02. The number of aliphatic hydroxyl groups excluding tert-OH is 1. The summed E-state index contributed by atoms with van der Waals surface area (Å²) in [7, 11) is 0. The topological polar surface area (TPSA) is 50.7 Å². The number of nitrogens with one attached hydrogen (secondary N) is 1. The van der Waals surface area contributed by atoms with Gasteiger partial charge in [0.25, 0.3) is 0 Å². The fourth-order valence-corrected chi connectivity index (χ4v) is 2.03. The Morgan fingerprint density at radius 1 is 1.35 bits per heavy atom. The first-order valence-corrected chi connectivity index (χ1v) is 6.05. The van der Waals surface area contributed by atoms with Crippen LogP contribution in [0.1, 0.15) is 18.0 Å². The van der Waals surface area contributed by atoms with Crippen molar-refractivity contribution >= 4 is 0 Å². The summed E-state index contributed by atoms with van der Waals surface area (Å²) in [4.78, 5) is 0. The van der Waals surface area contributed by atoms with Crippen molar-refractivity contribution in [3.05, 3.63) is 29.8 Å². The highest BCUT2D eigenvalue weighted by Gasteiger charge is 2.19. The summed E-state index contributed by atoms with van der Waals surface area (Å²) in [6, 6.07) is 8.47. The molecule has 4 nitrogen and oxygen atoms in total. The third-order valence-corrected chi connectivity index (χ3v) is 2.83. The molecule has 0 radical (unpaired) electrons. The molecule has 0 aromatic heterocycles. The molecule has 1 aliphatic heterocycles. The van der Waals surface area contributed by atoms with Crippen molar-refractivity contribution in [3.8, 4) is 5.75 Å². The Morgan fingerprint density at radius 3 is 3.12 bits per heavy atom. The largest absolute Gasteiger partial charge is 0.493 e. The fraction of sp³-hybridized carbons (Fsp3) is 0.538. The molecule has 0 amide bonds. The molecule has 0 aliphatic carbocycles. The molecule has 94 valence electrons. The van der Waals surface area contributed by atoms with E-state index in [1.54, 1.807) is 0 Å². The van der Waals surface area contributed by atoms with Crippen LogP contribution in [0.3, 0.4) is 0 Å². The molecule has 4 heteroatoms. The van der Waals surface area contributed by atoms with Crippen molar-refractivity contribution < 1.29 is 14.6 Å². The molecular weight excluding hydrogens is 218 g/mol. The summed E-state index contributed by atoms with van der Waals surface area (Å²) in [6.07, 6.45) is 0.983. The number of para-hydroxylation sites is 1. The number of rotatable bonds is 6. The third kappa shape index (κ3) is 3.43. The molecule has 0 bridgehead atoms. The molecule has 0 saturated heterocycles. The van der Waals surface area contributed by atoms with Gasteiger partial charge in [0.2, 0.25) is 0 Å². The van der Waals surface area contributed by atoms with E-state index in [-0.39, 0.29) is 6.61 Å². The Balaban J connectivity index is 1.82. The van der Waals surface area contributed by atoms with E-state index < -0.39 is 0 Å². The fourth-order valence-electron chi connectivity index (χ4n) is 2.03. The average molecular weight is 237 g/mol. The smallest absolute Gasteiger partial charge is 0.124 e. The average Bonchev–Trinajstić information content (AvgIpc) is 2.39. The maximum Gasteiger partial charge on any atom is 0.124 e. The van der Waals surface area contributed by atoms with Gasteiger partial charge in [0.15, 0.2) is 0 Å². The minimum absolute atomic E-state index is 0.0834. The van der Waals surface area contributed by atoms with Gasteiger partial charge in [-0.25, -0.2) is 0 Å². The molecular formula is C13H19NO3. The Bertz CT molecular complexity index is 343. The number of benzene rings is 1. The summed E-state index contributed by atoms with van der Waals surface area (Å²) in [6.45, 7) is 2.66. The lowest BCUT2D eigenvalue weighted by molar-refractivity contribution is 0.0915. The van der Waals surface area contributed by atoms with Gasteiger partial charge in [-0.3, -0.25) is 0 Å². The zero-order valence-electron chi connectivity index (χ0n) is 9.89. The minimum Gasteiger partial charge on any atom is -0.493 e. The monoisotopic (exact) mass is 237 g/mol. The van der Waals surface area contributed by atoms with Crippen molar-refractivity contribution in [2.24, 2.45) is 0 Å². The van der Waals surface area contributed by atoms with Gasteiger partial charge in [0.05, 0.1) is 26.4 Å². The predicted molar refractivity (Wildman–Crippen MR) is 65.2 cm³/mol. The van der Waals surface area contributed by atoms with E-state index in [0.717, 1.165) is 25.3 Å². The van der Waals surface area contributed by atoms with Gasteiger partial charge in [-0.1, -0.05) is 18.2 Å². The van der Waals surface area contributed by atoms with E-state index >= 15 is 0 Å². The van der Waals surface area contributed by atoms with Crippen LogP contribution < -0.4 is 10.1 Å². The van der Waals surface area contributed by atoms with Gasteiger partial charge in [0.1, 0.15) is 5.75 Å². The van der Waals surface area contributed by atoms with Gasteiger partial charge < -0.3 is 19.9 Å². The summed E-state index contributed by atoms with van der Waals surface area (Å²) in [5.41, 5.74) is 1.22. The van der Waals surface area contributed by atoms with Crippen LogP contribution in [0.5, 0.6) is 5.75 Å². The van der Waals surface area contributed by atoms with Crippen molar-refractivity contribution in [2.45, 2.75) is 12.5 Å². The first-order valence-electron chi connectivity index (χ1n) is 6.05. The lowest BCUT2D eigenvalue weighted by atomic mass is 10.0. The zero-order chi connectivity index (χ0) is 11.9. The molecule has 2 N–H and O–H groups in total. The number of ether oxygens (including phenoxy) is 2. The summed E-state index contributed by atoms with van der Waals surface area (Å²) in [5, 5.41) is 12.0. The molecule has 1 aliphatic rings. The SMILES string of the molecule is OCCOCCNC1CCOc2ccccc21. The summed E-state index contributed by atoms with van der Waals surface area (Å²) in [5.74, 6) is 0.979. The molecule has 0 fully saturated rings. The molecule has 0 spiro atoms. The minimum atomic E-state index is 0.0834. The van der Waals surface area contributed by atoms with Crippen LogP contribution >= 0.6 is 0 Å². The first kappa shape index (κ1) is 12.4. The highest BCUT2D eigenvalue weighted by molar-refractivity contribution is 5.37. The molecule has 1 aromatic rings. The van der Waals surface area contributed by atoms with Crippen molar-refractivity contribution in [1.29, 1.82) is 0 Å². The molecule has 2 rings (SSSR count). The Kier molecular flexibility index (Phi) is 4.79. The van der Waals surface area contributed by atoms with E-state index in [0.29, 0.717) is 19.3 Å². The highest BCUT2D eigenvalue weighted by atomic mass is 16.5. The van der Waals surface area contributed by atoms with Crippen molar-refractivity contribution in [2.75, 3.05) is 33.0 Å². The number of fused-ring (bicyclic) bond motifs is 1. The van der Waals surface area contributed by atoms with Gasteiger partial charge in [-0.05, 0) is 6.07 Å². The third-order valence-electron chi connectivity index (χ3n) is 2.83. The van der Waals surface area contributed by atoms with E-state index in [9.17, 15) is 0 Å². The maximum absolute atomic E-state index is 8.58. The van der Waals surface area contributed by atoms with E-state index in [2.05, 4.69) is 11.4 Å². The number of hydrogen-bond acceptors (Lipinski definition) is 4. The predicted octanol–water partition coefficient (Wildman–Crippen LogP) is 1.11. The summed E-state index contributed by atoms with van der Waals surface area (Å²) < 4.78 is 10.8. The van der Waals surface area contributed by atoms with Crippen LogP contribution in [-0.2, 0) is 4.74 Å². The zero-order valence-corrected chi connectivity index (χ0v) is 9.89. The normalized spacial score (nSPS) is 18.5. The quantitative estimate of drug-likeness (QED) is 0.728. The summed E-state index contributed by atoms with van der Waals surface area (Å²) >= 11 is 0. The lowest BCUT2D eigenvalue weighted by Gasteiger charge is -2.26. The van der Waals surface area contributed by atoms with Gasteiger partial charge in [-0.2, -0.15) is 0 Å². The van der Waals surface area contributed by atoms with Crippen LogP contribution in [0.4, 0.5) is 0 Å². The van der Waals surface area contributed by atoms with Crippen LogP contribution in [0.2, 0.25) is 0 Å². The van der Waals surface area contributed by atoms with Gasteiger partial charge in [0, 0.05) is 24.6 Å². The van der Waals surface area contributed by atoms with Crippen LogP contribution in [0.25, 0.3) is 0 Å². The molecule has 1 unspecified atom stereocenters. The van der Waals surface area contributed by atoms with Crippen LogP contribution in [0.15, 0.2) is 24.3 Å². The van der Waals surface area contributed by atoms with E-state index in [1.807, 2.05) is 18.2 Å². The second kappa shape index (κ2) is 6.59. The number of aliphatic hydroxyl groups is 1. The lowest BCUT2D eigenvalue weighted by Crippen LogP contribution is -2.29. The Morgan fingerprint density at radius 2 is 2.24 bits per heavy atom.